The first kappa shape index (κ1) is 28.9. The Balaban J connectivity index is 1.27. The first-order valence-corrected chi connectivity index (χ1v) is 15.2. The molecule has 1 amide bonds. The summed E-state index contributed by atoms with van der Waals surface area (Å²) in [6.45, 7) is 3.92. The highest BCUT2D eigenvalue weighted by molar-refractivity contribution is 5.87. The minimum absolute atomic E-state index is 0.0192. The molecule has 2 aromatic heterocycles. The van der Waals surface area contributed by atoms with Crippen LogP contribution in [0.2, 0.25) is 0 Å². The van der Waals surface area contributed by atoms with E-state index in [2.05, 4.69) is 101 Å². The van der Waals surface area contributed by atoms with Crippen LogP contribution in [0.5, 0.6) is 5.75 Å². The smallest absolute Gasteiger partial charge is 0.220 e. The number of aromatic nitrogens is 2. The van der Waals surface area contributed by atoms with Crippen LogP contribution >= 0.6 is 0 Å². The number of amides is 1. The monoisotopic (exact) mass is 579 g/mol. The standard InChI is InChI=1S/C39H37N3O2/c1-29-14-16-30(17-15-29)26-42-27-37(35-12-5-6-13-38(35)42)36(25-39(43)41-24-22-33-11-7-8-23-40-33)32-18-20-34(21-19-32)44-28-31-9-3-2-4-10-31/h2-21,23,27,36H,22,24-26,28H2,1H3,(H,41,43). The number of ether oxygens (including phenoxy) is 1. The van der Waals surface area contributed by atoms with E-state index in [1.165, 1.54) is 11.1 Å². The molecule has 1 unspecified atom stereocenters. The van der Waals surface area contributed by atoms with Gasteiger partial charge in [0.1, 0.15) is 12.4 Å². The van der Waals surface area contributed by atoms with E-state index in [-0.39, 0.29) is 11.8 Å². The molecule has 5 heteroatoms. The third-order valence-corrected chi connectivity index (χ3v) is 8.02. The van der Waals surface area contributed by atoms with Gasteiger partial charge in [-0.3, -0.25) is 9.78 Å². The van der Waals surface area contributed by atoms with Crippen LogP contribution in [0.4, 0.5) is 0 Å². The largest absolute Gasteiger partial charge is 0.489 e. The predicted molar refractivity (Wildman–Crippen MR) is 177 cm³/mol. The predicted octanol–water partition coefficient (Wildman–Crippen LogP) is 7.85. The van der Waals surface area contributed by atoms with Crippen LogP contribution in [-0.2, 0) is 24.4 Å². The van der Waals surface area contributed by atoms with E-state index in [0.29, 0.717) is 26.0 Å². The lowest BCUT2D eigenvalue weighted by Crippen LogP contribution is -2.27. The molecule has 44 heavy (non-hydrogen) atoms. The van der Waals surface area contributed by atoms with Crippen LogP contribution in [0, 0.1) is 6.92 Å². The summed E-state index contributed by atoms with van der Waals surface area (Å²) < 4.78 is 8.37. The molecule has 1 N–H and O–H groups in total. The second kappa shape index (κ2) is 13.9. The van der Waals surface area contributed by atoms with Crippen molar-refractivity contribution in [3.8, 4) is 5.75 Å². The average Bonchev–Trinajstić information content (AvgIpc) is 3.43. The number of carbonyl (C=O) groups excluding carboxylic acids is 1. The number of rotatable bonds is 12. The van der Waals surface area contributed by atoms with E-state index in [1.54, 1.807) is 6.20 Å². The van der Waals surface area contributed by atoms with Crippen LogP contribution in [0.3, 0.4) is 0 Å². The molecule has 6 aromatic rings. The zero-order chi connectivity index (χ0) is 30.1. The van der Waals surface area contributed by atoms with Crippen molar-refractivity contribution in [1.82, 2.24) is 14.9 Å². The van der Waals surface area contributed by atoms with Gasteiger partial charge in [0.05, 0.1) is 0 Å². The summed E-state index contributed by atoms with van der Waals surface area (Å²) in [5.74, 6) is 0.695. The Morgan fingerprint density at radius 1 is 0.818 bits per heavy atom. The number of para-hydroxylation sites is 1. The van der Waals surface area contributed by atoms with Crippen molar-refractivity contribution in [3.63, 3.8) is 0 Å². The molecule has 0 fully saturated rings. The normalized spacial score (nSPS) is 11.8. The van der Waals surface area contributed by atoms with Gasteiger partial charge in [0.2, 0.25) is 5.91 Å². The van der Waals surface area contributed by atoms with Crippen molar-refractivity contribution < 1.29 is 9.53 Å². The minimum atomic E-state index is -0.128. The van der Waals surface area contributed by atoms with Gasteiger partial charge in [0.25, 0.3) is 0 Å². The molecule has 4 aromatic carbocycles. The van der Waals surface area contributed by atoms with Crippen LogP contribution in [-0.4, -0.2) is 22.0 Å². The maximum atomic E-state index is 13.4. The summed E-state index contributed by atoms with van der Waals surface area (Å²) in [6, 6.07) is 41.4. The Morgan fingerprint density at radius 3 is 2.34 bits per heavy atom. The second-order valence-corrected chi connectivity index (χ2v) is 11.2. The van der Waals surface area contributed by atoms with Crippen molar-refractivity contribution in [1.29, 1.82) is 0 Å². The van der Waals surface area contributed by atoms with E-state index in [0.717, 1.165) is 45.6 Å². The van der Waals surface area contributed by atoms with E-state index in [4.69, 9.17) is 4.74 Å². The number of benzene rings is 4. The highest BCUT2D eigenvalue weighted by Crippen LogP contribution is 2.36. The molecule has 0 aliphatic heterocycles. The lowest BCUT2D eigenvalue weighted by atomic mass is 9.88. The summed E-state index contributed by atoms with van der Waals surface area (Å²) in [4.78, 5) is 17.8. The van der Waals surface area contributed by atoms with Gasteiger partial charge in [-0.25, -0.2) is 0 Å². The first-order chi connectivity index (χ1) is 21.6. The summed E-state index contributed by atoms with van der Waals surface area (Å²) >= 11 is 0. The van der Waals surface area contributed by atoms with Crippen molar-refractivity contribution >= 4 is 16.8 Å². The molecule has 0 saturated carbocycles. The summed E-state index contributed by atoms with van der Waals surface area (Å²) in [6.07, 6.45) is 5.05. The van der Waals surface area contributed by atoms with Gasteiger partial charge in [0, 0.05) is 60.8 Å². The Morgan fingerprint density at radius 2 is 1.57 bits per heavy atom. The van der Waals surface area contributed by atoms with Crippen LogP contribution in [0.1, 0.15) is 45.8 Å². The Kier molecular flexibility index (Phi) is 9.12. The van der Waals surface area contributed by atoms with E-state index in [9.17, 15) is 4.79 Å². The van der Waals surface area contributed by atoms with E-state index in [1.807, 2.05) is 48.5 Å². The van der Waals surface area contributed by atoms with Gasteiger partial charge in [-0.1, -0.05) is 96.6 Å². The van der Waals surface area contributed by atoms with Gasteiger partial charge in [-0.15, -0.1) is 0 Å². The summed E-state index contributed by atoms with van der Waals surface area (Å²) in [7, 11) is 0. The van der Waals surface area contributed by atoms with Gasteiger partial charge in [0.15, 0.2) is 0 Å². The molecule has 0 bridgehead atoms. The van der Waals surface area contributed by atoms with Gasteiger partial charge < -0.3 is 14.6 Å². The van der Waals surface area contributed by atoms with Crippen LogP contribution in [0.25, 0.3) is 10.9 Å². The molecule has 0 radical (unpaired) electrons. The highest BCUT2D eigenvalue weighted by atomic mass is 16.5. The zero-order valence-corrected chi connectivity index (χ0v) is 25.0. The number of fused-ring (bicyclic) bond motifs is 1. The van der Waals surface area contributed by atoms with E-state index < -0.39 is 0 Å². The molecule has 2 heterocycles. The number of nitrogens with one attached hydrogen (secondary N) is 1. The van der Waals surface area contributed by atoms with Crippen molar-refractivity contribution in [3.05, 3.63) is 167 Å². The van der Waals surface area contributed by atoms with E-state index >= 15 is 0 Å². The maximum absolute atomic E-state index is 13.4. The van der Waals surface area contributed by atoms with Crippen molar-refractivity contribution in [2.45, 2.75) is 38.8 Å². The van der Waals surface area contributed by atoms with Gasteiger partial charge >= 0.3 is 0 Å². The fraction of sp³-hybridized carbons (Fsp3) is 0.179. The number of hydrogen-bond donors (Lipinski definition) is 1. The lowest BCUT2D eigenvalue weighted by Gasteiger charge is -2.18. The molecule has 5 nitrogen and oxygen atoms in total. The fourth-order valence-electron chi connectivity index (χ4n) is 5.65. The highest BCUT2D eigenvalue weighted by Gasteiger charge is 2.23. The van der Waals surface area contributed by atoms with Gasteiger partial charge in [-0.2, -0.15) is 0 Å². The molecule has 0 saturated heterocycles. The zero-order valence-electron chi connectivity index (χ0n) is 25.0. The molecular weight excluding hydrogens is 542 g/mol. The minimum Gasteiger partial charge on any atom is -0.489 e. The maximum Gasteiger partial charge on any atom is 0.220 e. The molecule has 0 aliphatic carbocycles. The summed E-state index contributed by atoms with van der Waals surface area (Å²) in [5, 5.41) is 4.30. The molecule has 220 valence electrons. The third-order valence-electron chi connectivity index (χ3n) is 8.02. The topological polar surface area (TPSA) is 56.2 Å². The average molecular weight is 580 g/mol. The SMILES string of the molecule is Cc1ccc(Cn2cc(C(CC(=O)NCCc3ccccn3)c3ccc(OCc4ccccc4)cc3)c3ccccc32)cc1. The van der Waals surface area contributed by atoms with Crippen LogP contribution in [0.15, 0.2) is 134 Å². The third kappa shape index (κ3) is 7.24. The number of nitrogens with zero attached hydrogens (tertiary/aromatic N) is 2. The lowest BCUT2D eigenvalue weighted by molar-refractivity contribution is -0.121. The number of pyridine rings is 1. The first-order valence-electron chi connectivity index (χ1n) is 15.2. The van der Waals surface area contributed by atoms with Crippen molar-refractivity contribution in [2.24, 2.45) is 0 Å². The Labute approximate surface area is 259 Å². The quantitative estimate of drug-likeness (QED) is 0.161. The number of carbonyl (C=O) groups is 1. The van der Waals surface area contributed by atoms with Crippen molar-refractivity contribution in [2.75, 3.05) is 6.54 Å². The molecule has 6 rings (SSSR count). The fourth-order valence-corrected chi connectivity index (χ4v) is 5.65. The van der Waals surface area contributed by atoms with Gasteiger partial charge in [-0.05, 0) is 59.5 Å². The summed E-state index contributed by atoms with van der Waals surface area (Å²) in [5.41, 5.74) is 7.96. The number of aryl methyl sites for hydroxylation is 1. The molecule has 0 spiro atoms. The molecule has 0 aliphatic rings. The Bertz CT molecular complexity index is 1790. The van der Waals surface area contributed by atoms with Crippen LogP contribution < -0.4 is 10.1 Å². The molecular formula is C39H37N3O2. The Hall–Kier alpha value is -5.16. The second-order valence-electron chi connectivity index (χ2n) is 11.2. The molecule has 1 atom stereocenters. The number of hydrogen-bond acceptors (Lipinski definition) is 3.